The predicted molar refractivity (Wildman–Crippen MR) is 123 cm³/mol. The van der Waals surface area contributed by atoms with E-state index in [9.17, 15) is 24.8 Å². The SMILES string of the molecule is C=CCOCC(O)C[N+]1=C(N/N=C(\C)c2ccc([N+](=O)[O-])cc2)N=C2C1C(=O)N(C)C(=O)N2C. The lowest BCUT2D eigenvalue weighted by Gasteiger charge is -2.32. The highest BCUT2D eigenvalue weighted by Gasteiger charge is 2.51. The summed E-state index contributed by atoms with van der Waals surface area (Å²) >= 11 is 0. The summed E-state index contributed by atoms with van der Waals surface area (Å²) in [5.41, 5.74) is 3.89. The Bertz CT molecular complexity index is 1100. The molecule has 180 valence electrons. The fraction of sp³-hybridized carbons (Fsp3) is 0.381. The third-order valence-electron chi connectivity index (χ3n) is 5.30. The van der Waals surface area contributed by atoms with Crippen LogP contribution in [0.25, 0.3) is 0 Å². The quantitative estimate of drug-likeness (QED) is 0.129. The minimum Gasteiger partial charge on any atom is -0.387 e. The van der Waals surface area contributed by atoms with Gasteiger partial charge in [0.25, 0.3) is 11.6 Å². The van der Waals surface area contributed by atoms with E-state index in [-0.39, 0.29) is 37.2 Å². The molecular formula is C21H26N7O6+. The summed E-state index contributed by atoms with van der Waals surface area (Å²) in [7, 11) is 2.88. The molecule has 0 bridgehead atoms. The Hall–Kier alpha value is -3.97. The molecule has 34 heavy (non-hydrogen) atoms. The van der Waals surface area contributed by atoms with E-state index in [4.69, 9.17) is 4.74 Å². The summed E-state index contributed by atoms with van der Waals surface area (Å²) in [4.78, 5) is 42.3. The Kier molecular flexibility index (Phi) is 7.48. The van der Waals surface area contributed by atoms with Crippen molar-refractivity contribution in [3.63, 3.8) is 0 Å². The number of non-ortho nitro benzene ring substituents is 1. The number of nitrogens with zero attached hydrogens (tertiary/aromatic N) is 6. The van der Waals surface area contributed by atoms with E-state index in [1.165, 1.54) is 35.7 Å². The number of hydrazone groups is 1. The molecule has 0 aliphatic carbocycles. The first-order valence-corrected chi connectivity index (χ1v) is 10.3. The lowest BCUT2D eigenvalue weighted by Crippen LogP contribution is -2.62. The van der Waals surface area contributed by atoms with Gasteiger partial charge in [0.1, 0.15) is 6.10 Å². The number of amides is 3. The van der Waals surface area contributed by atoms with Gasteiger partial charge in [-0.2, -0.15) is 5.43 Å². The van der Waals surface area contributed by atoms with Crippen LogP contribution in [0.1, 0.15) is 12.5 Å². The molecule has 1 saturated heterocycles. The Balaban J connectivity index is 1.89. The number of nitrogens with one attached hydrogen (secondary N) is 1. The van der Waals surface area contributed by atoms with Crippen LogP contribution in [0.4, 0.5) is 10.5 Å². The van der Waals surface area contributed by atoms with Gasteiger partial charge < -0.3 is 9.84 Å². The first kappa shape index (κ1) is 24.7. The van der Waals surface area contributed by atoms with Crippen molar-refractivity contribution in [1.82, 2.24) is 15.2 Å². The number of carbonyl (C=O) groups is 2. The van der Waals surface area contributed by atoms with Crippen LogP contribution in [-0.4, -0.2) is 99.9 Å². The van der Waals surface area contributed by atoms with E-state index >= 15 is 0 Å². The van der Waals surface area contributed by atoms with Crippen LogP contribution in [0.3, 0.4) is 0 Å². The average molecular weight is 472 g/mol. The Morgan fingerprint density at radius 1 is 1.38 bits per heavy atom. The molecule has 1 aromatic carbocycles. The summed E-state index contributed by atoms with van der Waals surface area (Å²) < 4.78 is 6.82. The van der Waals surface area contributed by atoms with Gasteiger partial charge in [-0.05, 0) is 24.6 Å². The van der Waals surface area contributed by atoms with Gasteiger partial charge in [0, 0.05) is 26.2 Å². The highest BCUT2D eigenvalue weighted by molar-refractivity contribution is 6.22. The number of benzene rings is 1. The number of aliphatic hydroxyl groups excluding tert-OH is 1. The van der Waals surface area contributed by atoms with Gasteiger partial charge in [-0.15, -0.1) is 11.7 Å². The number of amidine groups is 1. The molecule has 0 saturated carbocycles. The first-order chi connectivity index (χ1) is 16.1. The van der Waals surface area contributed by atoms with E-state index < -0.39 is 29.0 Å². The minimum atomic E-state index is -0.966. The van der Waals surface area contributed by atoms with Crippen molar-refractivity contribution in [3.8, 4) is 0 Å². The molecule has 13 heteroatoms. The van der Waals surface area contributed by atoms with Gasteiger partial charge in [0.2, 0.25) is 11.9 Å². The summed E-state index contributed by atoms with van der Waals surface area (Å²) in [6.45, 7) is 5.49. The van der Waals surface area contributed by atoms with Crippen LogP contribution in [-0.2, 0) is 9.53 Å². The molecule has 2 unspecified atom stereocenters. The fourth-order valence-electron chi connectivity index (χ4n) is 3.47. The number of imide groups is 1. The van der Waals surface area contributed by atoms with Crippen molar-refractivity contribution in [1.29, 1.82) is 0 Å². The number of rotatable bonds is 9. The van der Waals surface area contributed by atoms with Gasteiger partial charge in [0.05, 0.1) is 30.4 Å². The molecule has 2 heterocycles. The standard InChI is InChI=1S/C21H25N7O6/c1-5-10-34-12-16(29)11-27-17-18(25(3)21(31)26(4)19(17)30)22-20(27)24-23-13(2)14-6-8-15(9-7-14)28(32)33/h5-9,16-17,29H,1,10-12H2,2-4H3/p+1/b23-13+. The van der Waals surface area contributed by atoms with Crippen LogP contribution in [0.5, 0.6) is 0 Å². The molecule has 2 N–H and O–H groups in total. The number of aliphatic imine (C=N–C) groups is 1. The van der Waals surface area contributed by atoms with E-state index in [0.29, 0.717) is 11.3 Å². The van der Waals surface area contributed by atoms with Gasteiger partial charge in [-0.3, -0.25) is 24.7 Å². The Morgan fingerprint density at radius 2 is 2.06 bits per heavy atom. The summed E-state index contributed by atoms with van der Waals surface area (Å²) in [5.74, 6) is -0.126. The molecule has 0 spiro atoms. The van der Waals surface area contributed by atoms with Crippen molar-refractivity contribution >= 4 is 35.1 Å². The fourth-order valence-corrected chi connectivity index (χ4v) is 3.47. The van der Waals surface area contributed by atoms with Gasteiger partial charge in [-0.25, -0.2) is 9.37 Å². The maximum atomic E-state index is 12.9. The van der Waals surface area contributed by atoms with Gasteiger partial charge >= 0.3 is 12.0 Å². The second-order valence-corrected chi connectivity index (χ2v) is 7.68. The second kappa shape index (κ2) is 10.3. The zero-order valence-corrected chi connectivity index (χ0v) is 19.0. The van der Waals surface area contributed by atoms with Crippen molar-refractivity contribution in [2.75, 3.05) is 33.9 Å². The molecule has 3 rings (SSSR count). The van der Waals surface area contributed by atoms with Gasteiger partial charge in [-0.1, -0.05) is 11.1 Å². The zero-order chi connectivity index (χ0) is 25.0. The molecule has 3 amide bonds. The maximum Gasteiger partial charge on any atom is 0.414 e. The lowest BCUT2D eigenvalue weighted by atomic mass is 10.1. The number of guanidine groups is 1. The maximum absolute atomic E-state index is 12.9. The molecule has 2 aliphatic rings. The van der Waals surface area contributed by atoms with Crippen molar-refractivity contribution < 1.29 is 28.9 Å². The lowest BCUT2D eigenvalue weighted by molar-refractivity contribution is -0.546. The number of hydrogen-bond acceptors (Lipinski definition) is 9. The number of ether oxygens (including phenoxy) is 1. The third kappa shape index (κ3) is 5.00. The van der Waals surface area contributed by atoms with Crippen LogP contribution in [0.15, 0.2) is 47.0 Å². The van der Waals surface area contributed by atoms with E-state index in [0.717, 1.165) is 4.90 Å². The highest BCUT2D eigenvalue weighted by Crippen LogP contribution is 2.19. The molecule has 13 nitrogen and oxygen atoms in total. The number of β-amino-alcohol motifs (C(OH)–C–C–N with tert-alkyl or cyclic N) is 1. The van der Waals surface area contributed by atoms with Crippen LogP contribution < -0.4 is 5.43 Å². The number of aliphatic hydroxyl groups is 1. The smallest absolute Gasteiger partial charge is 0.387 e. The zero-order valence-electron chi connectivity index (χ0n) is 19.0. The number of urea groups is 1. The summed E-state index contributed by atoms with van der Waals surface area (Å²) in [6, 6.07) is 4.40. The predicted octanol–water partition coefficient (Wildman–Crippen LogP) is 0.145. The van der Waals surface area contributed by atoms with Crippen LogP contribution in [0, 0.1) is 10.1 Å². The minimum absolute atomic E-state index is 0.00173. The molecule has 0 aromatic heterocycles. The van der Waals surface area contributed by atoms with E-state index in [1.54, 1.807) is 25.1 Å². The number of fused-ring (bicyclic) bond motifs is 1. The van der Waals surface area contributed by atoms with Crippen LogP contribution >= 0.6 is 0 Å². The number of likely N-dealkylation sites (N-methyl/N-ethyl adjacent to an activating group) is 2. The molecular weight excluding hydrogens is 446 g/mol. The van der Waals surface area contributed by atoms with E-state index in [2.05, 4.69) is 22.1 Å². The Labute approximate surface area is 195 Å². The number of nitro benzene ring substituents is 1. The number of nitro groups is 1. The average Bonchev–Trinajstić information content (AvgIpc) is 3.18. The summed E-state index contributed by atoms with van der Waals surface area (Å²) in [6.07, 6.45) is 0.589. The number of carbonyl (C=O) groups excluding carboxylic acids is 2. The summed E-state index contributed by atoms with van der Waals surface area (Å²) in [5, 5.41) is 25.6. The first-order valence-electron chi connectivity index (χ1n) is 10.3. The highest BCUT2D eigenvalue weighted by atomic mass is 16.6. The van der Waals surface area contributed by atoms with E-state index in [1.807, 2.05) is 0 Å². The largest absolute Gasteiger partial charge is 0.414 e. The van der Waals surface area contributed by atoms with Crippen LogP contribution in [0.2, 0.25) is 0 Å². The molecule has 2 atom stereocenters. The normalized spacial score (nSPS) is 19.2. The third-order valence-corrected chi connectivity index (χ3v) is 5.30. The Morgan fingerprint density at radius 3 is 2.68 bits per heavy atom. The molecule has 0 radical (unpaired) electrons. The van der Waals surface area contributed by atoms with Crippen molar-refractivity contribution in [2.45, 2.75) is 19.1 Å². The van der Waals surface area contributed by atoms with Crippen molar-refractivity contribution in [3.05, 3.63) is 52.6 Å². The number of hydrogen-bond donors (Lipinski definition) is 2. The molecule has 2 aliphatic heterocycles. The molecule has 1 aromatic rings. The van der Waals surface area contributed by atoms with Gasteiger partial charge in [0.15, 0.2) is 0 Å². The van der Waals surface area contributed by atoms with Crippen molar-refractivity contribution in [2.24, 2.45) is 10.1 Å². The molecule has 1 fully saturated rings. The second-order valence-electron chi connectivity index (χ2n) is 7.68. The monoisotopic (exact) mass is 472 g/mol. The topological polar surface area (TPSA) is 153 Å².